The molecule has 1 aromatic heterocycles. The third-order valence-electron chi connectivity index (χ3n) is 1.77. The van der Waals surface area contributed by atoms with Crippen LogP contribution in [-0.2, 0) is 17.7 Å². The van der Waals surface area contributed by atoms with Crippen LogP contribution in [0.5, 0.6) is 0 Å². The fourth-order valence-electron chi connectivity index (χ4n) is 1.09. The van der Waals surface area contributed by atoms with E-state index in [9.17, 15) is 13.2 Å². The Kier molecular flexibility index (Phi) is 4.07. The lowest BCUT2D eigenvalue weighted by atomic mass is 10.4. The molecule has 7 heteroatoms. The van der Waals surface area contributed by atoms with Crippen LogP contribution in [0.1, 0.15) is 12.7 Å². The predicted octanol–water partition coefficient (Wildman–Crippen LogP) is 1.42. The summed E-state index contributed by atoms with van der Waals surface area (Å²) >= 11 is 0. The molecule has 0 aliphatic heterocycles. The van der Waals surface area contributed by atoms with Crippen LogP contribution < -0.4 is 0 Å². The molecule has 0 aliphatic rings. The zero-order valence-corrected chi connectivity index (χ0v) is 8.29. The Labute approximate surface area is 85.1 Å². The van der Waals surface area contributed by atoms with Crippen molar-refractivity contribution in [2.45, 2.75) is 26.1 Å². The van der Waals surface area contributed by atoms with Crippen molar-refractivity contribution in [1.29, 1.82) is 0 Å². The molecule has 1 rings (SSSR count). The first-order valence-corrected chi connectivity index (χ1v) is 4.54. The predicted molar refractivity (Wildman–Crippen MR) is 46.3 cm³/mol. The number of hydrogen-bond acceptors (Lipinski definition) is 3. The SMILES string of the molecule is CCn1cnnc1CCOCC(F)(F)F. The third-order valence-corrected chi connectivity index (χ3v) is 1.77. The van der Waals surface area contributed by atoms with Gasteiger partial charge in [-0.1, -0.05) is 0 Å². The summed E-state index contributed by atoms with van der Waals surface area (Å²) in [6, 6.07) is 0. The second kappa shape index (κ2) is 5.11. The summed E-state index contributed by atoms with van der Waals surface area (Å²) in [5.74, 6) is 0.639. The van der Waals surface area contributed by atoms with E-state index in [0.29, 0.717) is 18.8 Å². The van der Waals surface area contributed by atoms with Crippen molar-refractivity contribution < 1.29 is 17.9 Å². The molecule has 0 unspecified atom stereocenters. The first-order chi connectivity index (χ1) is 7.03. The zero-order chi connectivity index (χ0) is 11.3. The number of alkyl halides is 3. The van der Waals surface area contributed by atoms with Gasteiger partial charge in [0.25, 0.3) is 0 Å². The molecule has 0 aromatic carbocycles. The van der Waals surface area contributed by atoms with Gasteiger partial charge < -0.3 is 9.30 Å². The molecule has 15 heavy (non-hydrogen) atoms. The molecule has 86 valence electrons. The van der Waals surface area contributed by atoms with Gasteiger partial charge in [0.1, 0.15) is 18.8 Å². The van der Waals surface area contributed by atoms with Gasteiger partial charge >= 0.3 is 6.18 Å². The number of halogens is 3. The van der Waals surface area contributed by atoms with E-state index >= 15 is 0 Å². The van der Waals surface area contributed by atoms with Gasteiger partial charge in [0, 0.05) is 13.0 Å². The minimum Gasteiger partial charge on any atom is -0.372 e. The van der Waals surface area contributed by atoms with Crippen LogP contribution in [0.4, 0.5) is 13.2 Å². The van der Waals surface area contributed by atoms with Gasteiger partial charge in [0.05, 0.1) is 6.61 Å². The molecule has 0 bridgehead atoms. The number of rotatable bonds is 5. The monoisotopic (exact) mass is 223 g/mol. The fourth-order valence-corrected chi connectivity index (χ4v) is 1.09. The van der Waals surface area contributed by atoms with Crippen molar-refractivity contribution in [2.75, 3.05) is 13.2 Å². The van der Waals surface area contributed by atoms with Crippen molar-refractivity contribution in [3.8, 4) is 0 Å². The standard InChI is InChI=1S/C8H12F3N3O/c1-2-14-6-12-13-7(14)3-4-15-5-8(9,10)11/h6H,2-5H2,1H3. The summed E-state index contributed by atoms with van der Waals surface area (Å²) in [6.45, 7) is 1.39. The fraction of sp³-hybridized carbons (Fsp3) is 0.750. The summed E-state index contributed by atoms with van der Waals surface area (Å²) in [4.78, 5) is 0. The van der Waals surface area contributed by atoms with Crippen molar-refractivity contribution in [2.24, 2.45) is 0 Å². The molecule has 0 fully saturated rings. The largest absolute Gasteiger partial charge is 0.411 e. The van der Waals surface area contributed by atoms with Crippen LogP contribution >= 0.6 is 0 Å². The van der Waals surface area contributed by atoms with Crippen LogP contribution in [0.3, 0.4) is 0 Å². The maximum atomic E-state index is 11.7. The molecular formula is C8H12F3N3O. The molecular weight excluding hydrogens is 211 g/mol. The highest BCUT2D eigenvalue weighted by atomic mass is 19.4. The molecule has 1 heterocycles. The van der Waals surface area contributed by atoms with Gasteiger partial charge in [-0.25, -0.2) is 0 Å². The summed E-state index contributed by atoms with van der Waals surface area (Å²) in [5, 5.41) is 7.43. The Balaban J connectivity index is 2.26. The van der Waals surface area contributed by atoms with Gasteiger partial charge in [-0.2, -0.15) is 13.2 Å². The molecule has 0 aliphatic carbocycles. The highest BCUT2D eigenvalue weighted by molar-refractivity contribution is 4.85. The average Bonchev–Trinajstić information content (AvgIpc) is 2.58. The topological polar surface area (TPSA) is 39.9 Å². The Morgan fingerprint density at radius 2 is 2.20 bits per heavy atom. The normalized spacial score (nSPS) is 12.0. The highest BCUT2D eigenvalue weighted by Crippen LogP contribution is 2.14. The zero-order valence-electron chi connectivity index (χ0n) is 8.29. The van der Waals surface area contributed by atoms with Crippen molar-refractivity contribution >= 4 is 0 Å². The minimum absolute atomic E-state index is 0.00178. The van der Waals surface area contributed by atoms with E-state index in [1.54, 1.807) is 10.9 Å². The number of ether oxygens (including phenoxy) is 1. The lowest BCUT2D eigenvalue weighted by Crippen LogP contribution is -2.18. The first-order valence-electron chi connectivity index (χ1n) is 4.54. The quantitative estimate of drug-likeness (QED) is 0.709. The third kappa shape index (κ3) is 4.28. The minimum atomic E-state index is -4.27. The number of nitrogens with zero attached hydrogens (tertiary/aromatic N) is 3. The molecule has 0 saturated heterocycles. The van der Waals surface area contributed by atoms with Crippen LogP contribution in [0.2, 0.25) is 0 Å². The van der Waals surface area contributed by atoms with Gasteiger partial charge in [0.15, 0.2) is 0 Å². The van der Waals surface area contributed by atoms with E-state index in [-0.39, 0.29) is 6.61 Å². The maximum absolute atomic E-state index is 11.7. The molecule has 0 amide bonds. The second-order valence-corrected chi connectivity index (χ2v) is 2.95. The van der Waals surface area contributed by atoms with Crippen LogP contribution in [-0.4, -0.2) is 34.2 Å². The highest BCUT2D eigenvalue weighted by Gasteiger charge is 2.27. The van der Waals surface area contributed by atoms with E-state index < -0.39 is 12.8 Å². The lowest BCUT2D eigenvalue weighted by Gasteiger charge is -2.07. The second-order valence-electron chi connectivity index (χ2n) is 2.95. The van der Waals surface area contributed by atoms with Crippen molar-refractivity contribution in [3.63, 3.8) is 0 Å². The summed E-state index contributed by atoms with van der Waals surface area (Å²) in [6.07, 6.45) is -2.39. The summed E-state index contributed by atoms with van der Waals surface area (Å²) in [7, 11) is 0. The molecule has 0 spiro atoms. The molecule has 1 aromatic rings. The summed E-state index contributed by atoms with van der Waals surface area (Å²) < 4.78 is 41.4. The van der Waals surface area contributed by atoms with Gasteiger partial charge in [-0.05, 0) is 6.92 Å². The molecule has 0 radical (unpaired) electrons. The lowest BCUT2D eigenvalue weighted by molar-refractivity contribution is -0.173. The summed E-state index contributed by atoms with van der Waals surface area (Å²) in [5.41, 5.74) is 0. The number of hydrogen-bond donors (Lipinski definition) is 0. The van der Waals surface area contributed by atoms with Crippen LogP contribution in [0.15, 0.2) is 6.33 Å². The molecule has 0 N–H and O–H groups in total. The number of aryl methyl sites for hydroxylation is 1. The Morgan fingerprint density at radius 3 is 2.80 bits per heavy atom. The molecule has 0 atom stereocenters. The Morgan fingerprint density at radius 1 is 1.47 bits per heavy atom. The van der Waals surface area contributed by atoms with E-state index in [2.05, 4.69) is 14.9 Å². The van der Waals surface area contributed by atoms with Crippen LogP contribution in [0, 0.1) is 0 Å². The Hall–Kier alpha value is -1.11. The average molecular weight is 223 g/mol. The molecule has 0 saturated carbocycles. The Bertz CT molecular complexity index is 298. The van der Waals surface area contributed by atoms with Crippen molar-refractivity contribution in [1.82, 2.24) is 14.8 Å². The van der Waals surface area contributed by atoms with E-state index in [1.165, 1.54) is 0 Å². The van der Waals surface area contributed by atoms with E-state index in [4.69, 9.17) is 0 Å². The van der Waals surface area contributed by atoms with Crippen molar-refractivity contribution in [3.05, 3.63) is 12.2 Å². The van der Waals surface area contributed by atoms with Crippen LogP contribution in [0.25, 0.3) is 0 Å². The van der Waals surface area contributed by atoms with Gasteiger partial charge in [0.2, 0.25) is 0 Å². The van der Waals surface area contributed by atoms with E-state index in [1.807, 2.05) is 6.92 Å². The van der Waals surface area contributed by atoms with Gasteiger partial charge in [-0.3, -0.25) is 0 Å². The maximum Gasteiger partial charge on any atom is 0.411 e. The first kappa shape index (κ1) is 12.0. The molecule has 4 nitrogen and oxygen atoms in total. The smallest absolute Gasteiger partial charge is 0.372 e. The van der Waals surface area contributed by atoms with Gasteiger partial charge in [-0.15, -0.1) is 10.2 Å². The number of aromatic nitrogens is 3. The van der Waals surface area contributed by atoms with E-state index in [0.717, 1.165) is 0 Å².